The van der Waals surface area contributed by atoms with Gasteiger partial charge in [0, 0.05) is 6.42 Å². The van der Waals surface area contributed by atoms with E-state index in [2.05, 4.69) is 43.5 Å². The zero-order valence-electron chi connectivity index (χ0n) is 50.7. The number of carbonyl (C=O) groups excluding carboxylic acids is 1. The maximum atomic E-state index is 13.1. The van der Waals surface area contributed by atoms with Gasteiger partial charge in [0.15, 0.2) is 6.29 Å². The van der Waals surface area contributed by atoms with Gasteiger partial charge in [-0.05, 0) is 57.8 Å². The van der Waals surface area contributed by atoms with Crippen molar-refractivity contribution in [2.24, 2.45) is 0 Å². The molecule has 77 heavy (non-hydrogen) atoms. The molecule has 0 aromatic heterocycles. The van der Waals surface area contributed by atoms with Crippen molar-refractivity contribution in [1.29, 1.82) is 0 Å². The summed E-state index contributed by atoms with van der Waals surface area (Å²) in [5.74, 6) is -0.182. The SMILES string of the molecule is CCCCCCCCC/C=C/CC/C=C/C(O)C(COC1OC(CO)C(O)C(O)C1O)NC(=O)CCCCCCCCCCCCCCCCCCCCCCCCCCCCCCC/C=C\CCCCCCCCCC. The van der Waals surface area contributed by atoms with Crippen molar-refractivity contribution in [2.75, 3.05) is 13.2 Å². The third-order valence-corrected chi connectivity index (χ3v) is 16.2. The second kappa shape index (κ2) is 57.6. The highest BCUT2D eigenvalue weighted by molar-refractivity contribution is 5.76. The molecule has 6 N–H and O–H groups in total. The standard InChI is InChI=1S/C68H129NO8/c1-3-5-7-9-11-13-15-17-18-19-20-21-22-23-24-25-26-27-28-29-30-31-32-33-34-35-36-37-38-39-40-41-42-43-44-46-48-50-52-54-56-58-64(72)69-61(60-76-68-67(75)66(74)65(73)63(59-70)77-68)62(71)57-55-53-51-49-47-45-16-14-12-10-8-6-4-2/h19-20,47,49,55,57,61-63,65-68,70-71,73-75H,3-18,21-46,48,50-54,56,58-60H2,1-2H3,(H,69,72)/b20-19-,49-47+,57-55+. The van der Waals surface area contributed by atoms with Crippen LogP contribution in [-0.4, -0.2) is 87.5 Å². The van der Waals surface area contributed by atoms with Crippen molar-refractivity contribution in [3.63, 3.8) is 0 Å². The first-order valence-electron chi connectivity index (χ1n) is 33.7. The van der Waals surface area contributed by atoms with Crippen molar-refractivity contribution in [3.8, 4) is 0 Å². The molecule has 9 nitrogen and oxygen atoms in total. The maximum absolute atomic E-state index is 13.1. The Morgan fingerprint density at radius 1 is 0.429 bits per heavy atom. The summed E-state index contributed by atoms with van der Waals surface area (Å²) < 4.78 is 11.3. The average Bonchev–Trinajstić information content (AvgIpc) is 3.43. The molecule has 0 aromatic carbocycles. The molecule has 1 aliphatic rings. The number of amides is 1. The summed E-state index contributed by atoms with van der Waals surface area (Å²) in [5, 5.41) is 54.4. The molecule has 1 amide bonds. The molecule has 1 saturated heterocycles. The van der Waals surface area contributed by atoms with Crippen LogP contribution >= 0.6 is 0 Å². The quantitative estimate of drug-likeness (QED) is 0.0261. The van der Waals surface area contributed by atoms with Crippen molar-refractivity contribution in [1.82, 2.24) is 5.32 Å². The van der Waals surface area contributed by atoms with Crippen LogP contribution in [0.4, 0.5) is 0 Å². The molecule has 1 rings (SSSR count). The van der Waals surface area contributed by atoms with Crippen LogP contribution in [0.5, 0.6) is 0 Å². The second-order valence-electron chi connectivity index (χ2n) is 23.6. The molecule has 0 aliphatic carbocycles. The predicted molar refractivity (Wildman–Crippen MR) is 327 cm³/mol. The number of hydrogen-bond donors (Lipinski definition) is 6. The highest BCUT2D eigenvalue weighted by atomic mass is 16.7. The van der Waals surface area contributed by atoms with E-state index in [1.54, 1.807) is 6.08 Å². The lowest BCUT2D eigenvalue weighted by molar-refractivity contribution is -0.302. The Balaban J connectivity index is 2.00. The van der Waals surface area contributed by atoms with Crippen molar-refractivity contribution >= 4 is 5.91 Å². The van der Waals surface area contributed by atoms with E-state index in [0.717, 1.165) is 38.5 Å². The number of aliphatic hydroxyl groups excluding tert-OH is 5. The van der Waals surface area contributed by atoms with E-state index in [1.807, 2.05) is 6.08 Å². The number of nitrogens with one attached hydrogen (secondary N) is 1. The summed E-state index contributed by atoms with van der Waals surface area (Å²) >= 11 is 0. The molecule has 0 saturated carbocycles. The van der Waals surface area contributed by atoms with Crippen LogP contribution in [0.15, 0.2) is 36.5 Å². The monoisotopic (exact) mass is 1090 g/mol. The number of aliphatic hydroxyl groups is 5. The Morgan fingerprint density at radius 2 is 0.740 bits per heavy atom. The van der Waals surface area contributed by atoms with Crippen molar-refractivity contribution < 1.29 is 39.8 Å². The fraction of sp³-hybridized carbons (Fsp3) is 0.897. The Hall–Kier alpha value is -1.59. The highest BCUT2D eigenvalue weighted by Crippen LogP contribution is 2.23. The summed E-state index contributed by atoms with van der Waals surface area (Å²) in [6.45, 7) is 3.78. The Kier molecular flexibility index (Phi) is 55.0. The molecule has 0 aromatic rings. The van der Waals surface area contributed by atoms with Crippen LogP contribution in [0.2, 0.25) is 0 Å². The van der Waals surface area contributed by atoms with E-state index in [0.29, 0.717) is 6.42 Å². The zero-order valence-corrected chi connectivity index (χ0v) is 50.7. The Bertz CT molecular complexity index is 1310. The molecular weight excluding hydrogens is 959 g/mol. The number of rotatable bonds is 59. The van der Waals surface area contributed by atoms with Gasteiger partial charge in [0.05, 0.1) is 25.4 Å². The molecule has 0 bridgehead atoms. The summed E-state index contributed by atoms with van der Waals surface area (Å²) in [6.07, 6.45) is 70.0. The van der Waals surface area contributed by atoms with Gasteiger partial charge in [0.2, 0.25) is 5.91 Å². The van der Waals surface area contributed by atoms with E-state index < -0.39 is 49.5 Å². The Morgan fingerprint density at radius 3 is 1.09 bits per heavy atom. The largest absolute Gasteiger partial charge is 0.394 e. The number of unbranched alkanes of at least 4 members (excludes halogenated alkanes) is 45. The van der Waals surface area contributed by atoms with E-state index in [1.165, 1.54) is 276 Å². The van der Waals surface area contributed by atoms with Gasteiger partial charge < -0.3 is 40.3 Å². The first-order chi connectivity index (χ1) is 37.8. The second-order valence-corrected chi connectivity index (χ2v) is 23.6. The maximum Gasteiger partial charge on any atom is 0.220 e. The molecule has 1 heterocycles. The number of allylic oxidation sites excluding steroid dienone is 5. The van der Waals surface area contributed by atoms with Crippen LogP contribution in [0.1, 0.15) is 335 Å². The number of carbonyl (C=O) groups is 1. The first kappa shape index (κ1) is 73.4. The van der Waals surface area contributed by atoms with Gasteiger partial charge in [-0.15, -0.1) is 0 Å². The zero-order chi connectivity index (χ0) is 55.8. The Labute approximate surface area is 476 Å². The highest BCUT2D eigenvalue weighted by Gasteiger charge is 2.44. The van der Waals surface area contributed by atoms with Crippen LogP contribution in [-0.2, 0) is 14.3 Å². The van der Waals surface area contributed by atoms with Gasteiger partial charge in [-0.25, -0.2) is 0 Å². The average molecular weight is 1090 g/mol. The van der Waals surface area contributed by atoms with E-state index in [-0.39, 0.29) is 12.5 Å². The van der Waals surface area contributed by atoms with Gasteiger partial charge in [-0.1, -0.05) is 307 Å². The minimum absolute atomic E-state index is 0.182. The van der Waals surface area contributed by atoms with Crippen LogP contribution in [0, 0.1) is 0 Å². The normalized spacial score (nSPS) is 18.9. The van der Waals surface area contributed by atoms with Crippen LogP contribution in [0.25, 0.3) is 0 Å². The minimum Gasteiger partial charge on any atom is -0.394 e. The van der Waals surface area contributed by atoms with Crippen molar-refractivity contribution in [3.05, 3.63) is 36.5 Å². The number of ether oxygens (including phenoxy) is 2. The third kappa shape index (κ3) is 46.7. The van der Waals surface area contributed by atoms with Crippen LogP contribution < -0.4 is 5.32 Å². The summed E-state index contributed by atoms with van der Waals surface area (Å²) in [5.41, 5.74) is 0. The molecule has 7 unspecified atom stereocenters. The molecule has 1 fully saturated rings. The lowest BCUT2D eigenvalue weighted by atomic mass is 9.99. The van der Waals surface area contributed by atoms with Gasteiger partial charge in [0.1, 0.15) is 24.4 Å². The smallest absolute Gasteiger partial charge is 0.220 e. The summed E-state index contributed by atoms with van der Waals surface area (Å²) in [6, 6.07) is -0.819. The van der Waals surface area contributed by atoms with Gasteiger partial charge in [-0.2, -0.15) is 0 Å². The van der Waals surface area contributed by atoms with E-state index in [9.17, 15) is 30.3 Å². The molecule has 454 valence electrons. The van der Waals surface area contributed by atoms with Crippen molar-refractivity contribution in [2.45, 2.75) is 378 Å². The lowest BCUT2D eigenvalue weighted by Gasteiger charge is -2.40. The fourth-order valence-corrected chi connectivity index (χ4v) is 10.9. The molecule has 0 radical (unpaired) electrons. The third-order valence-electron chi connectivity index (χ3n) is 16.2. The predicted octanol–water partition coefficient (Wildman–Crippen LogP) is 17.9. The molecule has 0 spiro atoms. The first-order valence-corrected chi connectivity index (χ1v) is 33.7. The van der Waals surface area contributed by atoms with Gasteiger partial charge in [0.25, 0.3) is 0 Å². The van der Waals surface area contributed by atoms with Gasteiger partial charge in [-0.3, -0.25) is 4.79 Å². The summed E-state index contributed by atoms with van der Waals surface area (Å²) in [4.78, 5) is 13.1. The van der Waals surface area contributed by atoms with E-state index in [4.69, 9.17) is 9.47 Å². The van der Waals surface area contributed by atoms with Crippen LogP contribution in [0.3, 0.4) is 0 Å². The van der Waals surface area contributed by atoms with Gasteiger partial charge >= 0.3 is 0 Å². The minimum atomic E-state index is -1.57. The molecule has 9 heteroatoms. The lowest BCUT2D eigenvalue weighted by Crippen LogP contribution is -2.60. The number of hydrogen-bond acceptors (Lipinski definition) is 8. The molecule has 1 aliphatic heterocycles. The van der Waals surface area contributed by atoms with E-state index >= 15 is 0 Å². The topological polar surface area (TPSA) is 149 Å². The fourth-order valence-electron chi connectivity index (χ4n) is 10.9. The molecule has 7 atom stereocenters. The summed E-state index contributed by atoms with van der Waals surface area (Å²) in [7, 11) is 0. The molecular formula is C68H129NO8.